The average Bonchev–Trinajstić information content (AvgIpc) is 2.48. The quantitative estimate of drug-likeness (QED) is 0.742. The van der Waals surface area contributed by atoms with Crippen molar-refractivity contribution in [2.24, 2.45) is 0 Å². The molecule has 2 amide bonds. The van der Waals surface area contributed by atoms with Crippen LogP contribution in [0.5, 0.6) is 0 Å². The van der Waals surface area contributed by atoms with Gasteiger partial charge in [0, 0.05) is 32.4 Å². The molecule has 0 atom stereocenters. The van der Waals surface area contributed by atoms with E-state index in [4.69, 9.17) is 23.2 Å². The molecule has 2 rings (SSSR count). The first-order valence-corrected chi connectivity index (χ1v) is 6.71. The first-order valence-electron chi connectivity index (χ1n) is 5.96. The molecule has 0 radical (unpaired) electrons. The molecule has 1 aliphatic rings. The molecule has 0 unspecified atom stereocenters. The third-order valence-corrected chi connectivity index (χ3v) is 3.73. The summed E-state index contributed by atoms with van der Waals surface area (Å²) in [5.41, 5.74) is 0.380. The molecule has 0 aromatic carbocycles. The summed E-state index contributed by atoms with van der Waals surface area (Å²) in [7, 11) is 1.33. The van der Waals surface area contributed by atoms with Crippen molar-refractivity contribution < 1.29 is 14.3 Å². The maximum absolute atomic E-state index is 12.3. The summed E-state index contributed by atoms with van der Waals surface area (Å²) in [4.78, 5) is 30.7. The Hall–Kier alpha value is -1.53. The van der Waals surface area contributed by atoms with Crippen LogP contribution >= 0.6 is 23.2 Å². The predicted octanol–water partition coefficient (Wildman–Crippen LogP) is 1.91. The van der Waals surface area contributed by atoms with Crippen LogP contribution in [-0.2, 0) is 4.74 Å². The van der Waals surface area contributed by atoms with Gasteiger partial charge in [-0.3, -0.25) is 4.79 Å². The van der Waals surface area contributed by atoms with Gasteiger partial charge < -0.3 is 14.5 Å². The minimum Gasteiger partial charge on any atom is -0.453 e. The smallest absolute Gasteiger partial charge is 0.409 e. The Kier molecular flexibility index (Phi) is 4.67. The molecule has 0 spiro atoms. The number of hydrogen-bond donors (Lipinski definition) is 0. The van der Waals surface area contributed by atoms with Crippen LogP contribution in [-0.4, -0.2) is 60.1 Å². The molecule has 1 fully saturated rings. The van der Waals surface area contributed by atoms with Crippen molar-refractivity contribution in [2.75, 3.05) is 33.3 Å². The molecule has 0 aliphatic carbocycles. The van der Waals surface area contributed by atoms with E-state index in [-0.39, 0.29) is 22.2 Å². The normalized spacial score (nSPS) is 15.2. The zero-order valence-electron chi connectivity index (χ0n) is 10.8. The molecule has 1 aliphatic heterocycles. The van der Waals surface area contributed by atoms with Crippen LogP contribution in [0.3, 0.4) is 0 Å². The van der Waals surface area contributed by atoms with Gasteiger partial charge in [0.15, 0.2) is 0 Å². The topological polar surface area (TPSA) is 62.7 Å². The number of halogens is 2. The van der Waals surface area contributed by atoms with E-state index in [0.29, 0.717) is 31.7 Å². The monoisotopic (exact) mass is 317 g/mol. The molecule has 1 aromatic heterocycles. The number of piperazine rings is 1. The fourth-order valence-corrected chi connectivity index (χ4v) is 2.21. The molecular weight excluding hydrogens is 305 g/mol. The van der Waals surface area contributed by atoms with E-state index in [0.717, 1.165) is 0 Å². The maximum atomic E-state index is 12.3. The summed E-state index contributed by atoms with van der Waals surface area (Å²) in [6.45, 7) is 1.75. The van der Waals surface area contributed by atoms with Crippen LogP contribution in [0.4, 0.5) is 4.79 Å². The molecule has 108 valence electrons. The van der Waals surface area contributed by atoms with Crippen LogP contribution in [0.2, 0.25) is 10.2 Å². The van der Waals surface area contributed by atoms with Gasteiger partial charge in [-0.1, -0.05) is 23.2 Å². The lowest BCUT2D eigenvalue weighted by molar-refractivity contribution is 0.0599. The van der Waals surface area contributed by atoms with Gasteiger partial charge in [0.25, 0.3) is 5.91 Å². The van der Waals surface area contributed by atoms with E-state index in [1.807, 2.05) is 0 Å². The Labute approximate surface area is 126 Å². The lowest BCUT2D eigenvalue weighted by Crippen LogP contribution is -2.50. The highest BCUT2D eigenvalue weighted by molar-refractivity contribution is 6.41. The molecule has 20 heavy (non-hydrogen) atoms. The summed E-state index contributed by atoms with van der Waals surface area (Å²) in [5, 5.41) is 0.407. The largest absolute Gasteiger partial charge is 0.453 e. The molecule has 0 N–H and O–H groups in total. The summed E-state index contributed by atoms with van der Waals surface area (Å²) in [6, 6.07) is 1.49. The van der Waals surface area contributed by atoms with Gasteiger partial charge in [0.05, 0.1) is 17.7 Å². The highest BCUT2D eigenvalue weighted by Crippen LogP contribution is 2.20. The Balaban J connectivity index is 2.01. The van der Waals surface area contributed by atoms with Crippen molar-refractivity contribution in [3.63, 3.8) is 0 Å². The van der Waals surface area contributed by atoms with Crippen LogP contribution in [0.15, 0.2) is 12.3 Å². The SMILES string of the molecule is COC(=O)N1CCN(C(=O)c2cnc(Cl)c(Cl)c2)CC1. The predicted molar refractivity (Wildman–Crippen MR) is 74.1 cm³/mol. The van der Waals surface area contributed by atoms with E-state index in [1.165, 1.54) is 19.4 Å². The molecular formula is C12H13Cl2N3O3. The van der Waals surface area contributed by atoms with Crippen molar-refractivity contribution in [1.29, 1.82) is 0 Å². The number of carbonyl (C=O) groups is 2. The van der Waals surface area contributed by atoms with Crippen LogP contribution in [0.1, 0.15) is 10.4 Å². The zero-order valence-corrected chi connectivity index (χ0v) is 12.3. The number of hydrogen-bond acceptors (Lipinski definition) is 4. The van der Waals surface area contributed by atoms with Crippen molar-refractivity contribution in [3.8, 4) is 0 Å². The van der Waals surface area contributed by atoms with E-state index in [2.05, 4.69) is 9.72 Å². The summed E-state index contributed by atoms with van der Waals surface area (Å²) in [5.74, 6) is -0.180. The van der Waals surface area contributed by atoms with Gasteiger partial charge in [-0.25, -0.2) is 9.78 Å². The third-order valence-electron chi connectivity index (χ3n) is 3.04. The summed E-state index contributed by atoms with van der Waals surface area (Å²) >= 11 is 11.6. The number of amides is 2. The van der Waals surface area contributed by atoms with E-state index in [9.17, 15) is 9.59 Å². The first kappa shape index (κ1) is 14.9. The number of pyridine rings is 1. The lowest BCUT2D eigenvalue weighted by atomic mass is 10.2. The highest BCUT2D eigenvalue weighted by atomic mass is 35.5. The van der Waals surface area contributed by atoms with Crippen molar-refractivity contribution >= 4 is 35.2 Å². The minimum atomic E-state index is -0.381. The van der Waals surface area contributed by atoms with Crippen molar-refractivity contribution in [1.82, 2.24) is 14.8 Å². The van der Waals surface area contributed by atoms with E-state index < -0.39 is 0 Å². The second-order valence-electron chi connectivity index (χ2n) is 4.25. The van der Waals surface area contributed by atoms with Crippen molar-refractivity contribution in [2.45, 2.75) is 0 Å². The Bertz CT molecular complexity index is 531. The molecule has 8 heteroatoms. The maximum Gasteiger partial charge on any atom is 0.409 e. The number of ether oxygens (including phenoxy) is 1. The van der Waals surface area contributed by atoms with Crippen LogP contribution < -0.4 is 0 Å². The molecule has 0 bridgehead atoms. The van der Waals surface area contributed by atoms with Gasteiger partial charge in [-0.15, -0.1) is 0 Å². The van der Waals surface area contributed by atoms with E-state index >= 15 is 0 Å². The number of methoxy groups -OCH3 is 1. The standard InChI is InChI=1S/C12H13Cl2N3O3/c1-20-12(19)17-4-2-16(3-5-17)11(18)8-6-9(13)10(14)15-7-8/h6-7H,2-5H2,1H3. The van der Waals surface area contributed by atoms with Crippen LogP contribution in [0.25, 0.3) is 0 Å². The fourth-order valence-electron chi connectivity index (χ4n) is 1.94. The Morgan fingerprint density at radius 1 is 1.20 bits per heavy atom. The minimum absolute atomic E-state index is 0.165. The Morgan fingerprint density at radius 2 is 1.80 bits per heavy atom. The molecule has 6 nitrogen and oxygen atoms in total. The average molecular weight is 318 g/mol. The summed E-state index contributed by atoms with van der Waals surface area (Å²) < 4.78 is 4.64. The first-order chi connectivity index (χ1) is 9.52. The summed E-state index contributed by atoms with van der Waals surface area (Å²) in [6.07, 6.45) is 1.01. The number of rotatable bonds is 1. The van der Waals surface area contributed by atoms with Gasteiger partial charge in [0.1, 0.15) is 5.15 Å². The fraction of sp³-hybridized carbons (Fsp3) is 0.417. The van der Waals surface area contributed by atoms with Gasteiger partial charge in [-0.2, -0.15) is 0 Å². The lowest BCUT2D eigenvalue weighted by Gasteiger charge is -2.33. The molecule has 0 saturated carbocycles. The molecule has 1 aromatic rings. The van der Waals surface area contributed by atoms with Crippen LogP contribution in [0, 0.1) is 0 Å². The van der Waals surface area contributed by atoms with Gasteiger partial charge in [-0.05, 0) is 6.07 Å². The molecule has 1 saturated heterocycles. The van der Waals surface area contributed by atoms with Gasteiger partial charge in [0.2, 0.25) is 0 Å². The highest BCUT2D eigenvalue weighted by Gasteiger charge is 2.25. The number of aromatic nitrogens is 1. The number of nitrogens with zero attached hydrogens (tertiary/aromatic N) is 3. The van der Waals surface area contributed by atoms with Gasteiger partial charge >= 0.3 is 6.09 Å². The third kappa shape index (κ3) is 3.13. The Morgan fingerprint density at radius 3 is 2.35 bits per heavy atom. The zero-order chi connectivity index (χ0) is 14.7. The second kappa shape index (κ2) is 6.28. The number of carbonyl (C=O) groups excluding carboxylic acids is 2. The van der Waals surface area contributed by atoms with Crippen molar-refractivity contribution in [3.05, 3.63) is 28.0 Å². The molecule has 2 heterocycles. The van der Waals surface area contributed by atoms with E-state index in [1.54, 1.807) is 9.80 Å². The second-order valence-corrected chi connectivity index (χ2v) is 5.01.